The number of nitrogens with zero attached hydrogens (tertiary/aromatic N) is 1. The average Bonchev–Trinajstić information content (AvgIpc) is 2.60. The smallest absolute Gasteiger partial charge is 0.254 e. The Balaban J connectivity index is 0.00000338. The Labute approximate surface area is 162 Å². The first-order valence-electron chi connectivity index (χ1n) is 8.94. The Kier molecular flexibility index (Phi) is 9.62. The number of anilines is 1. The van der Waals surface area contributed by atoms with Crippen molar-refractivity contribution in [3.63, 3.8) is 0 Å². The van der Waals surface area contributed by atoms with E-state index in [1.54, 1.807) is 13.2 Å². The van der Waals surface area contributed by atoms with Crippen LogP contribution in [0.1, 0.15) is 42.1 Å². The number of carbonyl (C=O) groups is 2. The first-order chi connectivity index (χ1) is 12.0. The zero-order valence-corrected chi connectivity index (χ0v) is 16.7. The van der Waals surface area contributed by atoms with Gasteiger partial charge in [-0.05, 0) is 56.9 Å². The molecule has 1 fully saturated rings. The first kappa shape index (κ1) is 22.4. The molecular weight excluding hydrogens is 354 g/mol. The molecule has 1 saturated heterocycles. The van der Waals surface area contributed by atoms with Crippen LogP contribution in [0.3, 0.4) is 0 Å². The molecule has 1 unspecified atom stereocenters. The molecule has 1 atom stereocenters. The third kappa shape index (κ3) is 6.27. The molecule has 1 aliphatic heterocycles. The highest BCUT2D eigenvalue weighted by Gasteiger charge is 2.24. The van der Waals surface area contributed by atoms with Gasteiger partial charge in [0.25, 0.3) is 5.91 Å². The SMILES string of the molecule is COCCNCC(=O)Nc1ccc(C(=O)N2CCCCC2C)cc1C.Cl. The number of halogens is 1. The van der Waals surface area contributed by atoms with Gasteiger partial charge in [-0.2, -0.15) is 0 Å². The van der Waals surface area contributed by atoms with Crippen LogP contribution in [0.25, 0.3) is 0 Å². The Morgan fingerprint density at radius 1 is 1.31 bits per heavy atom. The second-order valence-electron chi connectivity index (χ2n) is 6.59. The summed E-state index contributed by atoms with van der Waals surface area (Å²) in [7, 11) is 1.62. The van der Waals surface area contributed by atoms with Gasteiger partial charge in [-0.15, -0.1) is 12.4 Å². The minimum atomic E-state index is -0.108. The number of ether oxygens (including phenoxy) is 1. The Morgan fingerprint density at radius 2 is 2.08 bits per heavy atom. The van der Waals surface area contributed by atoms with E-state index >= 15 is 0 Å². The molecule has 1 heterocycles. The largest absolute Gasteiger partial charge is 0.383 e. The molecule has 0 aromatic heterocycles. The van der Waals surface area contributed by atoms with Gasteiger partial charge in [-0.25, -0.2) is 0 Å². The molecule has 6 nitrogen and oxygen atoms in total. The molecule has 7 heteroatoms. The molecule has 2 rings (SSSR count). The van der Waals surface area contributed by atoms with Crippen LogP contribution in [0.4, 0.5) is 5.69 Å². The van der Waals surface area contributed by atoms with Gasteiger partial charge < -0.3 is 20.3 Å². The molecule has 146 valence electrons. The zero-order valence-electron chi connectivity index (χ0n) is 15.8. The number of likely N-dealkylation sites (tertiary alicyclic amines) is 1. The number of nitrogens with one attached hydrogen (secondary N) is 2. The summed E-state index contributed by atoms with van der Waals surface area (Å²) in [6.45, 7) is 6.27. The van der Waals surface area contributed by atoms with E-state index in [4.69, 9.17) is 4.74 Å². The lowest BCUT2D eigenvalue weighted by atomic mass is 10.0. The summed E-state index contributed by atoms with van der Waals surface area (Å²) in [4.78, 5) is 26.6. The molecular formula is C19H30ClN3O3. The van der Waals surface area contributed by atoms with Gasteiger partial charge in [-0.3, -0.25) is 9.59 Å². The van der Waals surface area contributed by atoms with Crippen molar-refractivity contribution in [3.8, 4) is 0 Å². The van der Waals surface area contributed by atoms with Crippen LogP contribution >= 0.6 is 12.4 Å². The van der Waals surface area contributed by atoms with Crippen LogP contribution in [0.15, 0.2) is 18.2 Å². The van der Waals surface area contributed by atoms with Gasteiger partial charge in [-0.1, -0.05) is 0 Å². The van der Waals surface area contributed by atoms with E-state index in [2.05, 4.69) is 17.6 Å². The highest BCUT2D eigenvalue weighted by Crippen LogP contribution is 2.22. The topological polar surface area (TPSA) is 70.7 Å². The molecule has 0 saturated carbocycles. The number of rotatable bonds is 7. The van der Waals surface area contributed by atoms with Crippen molar-refractivity contribution in [2.45, 2.75) is 39.2 Å². The normalized spacial score (nSPS) is 16.7. The van der Waals surface area contributed by atoms with Crippen molar-refractivity contribution in [1.29, 1.82) is 0 Å². The van der Waals surface area contributed by atoms with Crippen LogP contribution in [0.2, 0.25) is 0 Å². The van der Waals surface area contributed by atoms with Gasteiger partial charge in [0.2, 0.25) is 5.91 Å². The number of methoxy groups -OCH3 is 1. The van der Waals surface area contributed by atoms with Crippen molar-refractivity contribution in [3.05, 3.63) is 29.3 Å². The summed E-state index contributed by atoms with van der Waals surface area (Å²) < 4.78 is 4.92. The van der Waals surface area contributed by atoms with E-state index in [0.29, 0.717) is 24.8 Å². The molecule has 0 bridgehead atoms. The number of piperidine rings is 1. The first-order valence-corrected chi connectivity index (χ1v) is 8.94. The fourth-order valence-corrected chi connectivity index (χ4v) is 3.07. The summed E-state index contributed by atoms with van der Waals surface area (Å²) in [5.74, 6) is -0.0302. The van der Waals surface area contributed by atoms with E-state index in [9.17, 15) is 9.59 Å². The molecule has 2 amide bonds. The fourth-order valence-electron chi connectivity index (χ4n) is 3.07. The summed E-state index contributed by atoms with van der Waals surface area (Å²) in [5, 5.41) is 5.88. The third-order valence-corrected chi connectivity index (χ3v) is 4.58. The van der Waals surface area contributed by atoms with Gasteiger partial charge in [0.05, 0.1) is 13.2 Å². The number of hydrogen-bond acceptors (Lipinski definition) is 4. The maximum absolute atomic E-state index is 12.7. The van der Waals surface area contributed by atoms with Gasteiger partial charge in [0, 0.05) is 37.5 Å². The van der Waals surface area contributed by atoms with Crippen LogP contribution in [0.5, 0.6) is 0 Å². The number of aryl methyl sites for hydroxylation is 1. The van der Waals surface area contributed by atoms with Crippen LogP contribution in [-0.4, -0.2) is 56.1 Å². The van der Waals surface area contributed by atoms with Crippen molar-refractivity contribution < 1.29 is 14.3 Å². The molecule has 0 radical (unpaired) electrons. The molecule has 0 aliphatic carbocycles. The lowest BCUT2D eigenvalue weighted by Gasteiger charge is -2.33. The van der Waals surface area contributed by atoms with Crippen LogP contribution in [0, 0.1) is 6.92 Å². The lowest BCUT2D eigenvalue weighted by molar-refractivity contribution is -0.115. The maximum atomic E-state index is 12.7. The number of benzene rings is 1. The maximum Gasteiger partial charge on any atom is 0.254 e. The highest BCUT2D eigenvalue weighted by atomic mass is 35.5. The second kappa shape index (κ2) is 11.2. The van der Waals surface area contributed by atoms with E-state index in [0.717, 1.165) is 30.6 Å². The van der Waals surface area contributed by atoms with Crippen molar-refractivity contribution in [2.75, 3.05) is 38.7 Å². The van der Waals surface area contributed by atoms with E-state index in [1.165, 1.54) is 6.42 Å². The van der Waals surface area contributed by atoms with E-state index in [1.807, 2.05) is 24.0 Å². The number of carbonyl (C=O) groups excluding carboxylic acids is 2. The Hall–Kier alpha value is -1.63. The van der Waals surface area contributed by atoms with E-state index < -0.39 is 0 Å². The van der Waals surface area contributed by atoms with Gasteiger partial charge in [0.1, 0.15) is 0 Å². The molecule has 1 aliphatic rings. The van der Waals surface area contributed by atoms with Crippen LogP contribution < -0.4 is 10.6 Å². The molecule has 2 N–H and O–H groups in total. The van der Waals surface area contributed by atoms with Gasteiger partial charge >= 0.3 is 0 Å². The Morgan fingerprint density at radius 3 is 2.73 bits per heavy atom. The standard InChI is InChI=1S/C19H29N3O3.ClH/c1-14-12-16(19(24)22-10-5-4-6-15(22)2)7-8-17(14)21-18(23)13-20-9-11-25-3;/h7-8,12,15,20H,4-6,9-11,13H2,1-3H3,(H,21,23);1H. The summed E-state index contributed by atoms with van der Waals surface area (Å²) >= 11 is 0. The number of hydrogen-bond donors (Lipinski definition) is 2. The number of amides is 2. The zero-order chi connectivity index (χ0) is 18.2. The predicted octanol–water partition coefficient (Wildman–Crippen LogP) is 2.61. The van der Waals surface area contributed by atoms with Gasteiger partial charge in [0.15, 0.2) is 0 Å². The third-order valence-electron chi connectivity index (χ3n) is 4.58. The lowest BCUT2D eigenvalue weighted by Crippen LogP contribution is -2.42. The fraction of sp³-hybridized carbons (Fsp3) is 0.579. The summed E-state index contributed by atoms with van der Waals surface area (Å²) in [5.41, 5.74) is 2.31. The quantitative estimate of drug-likeness (QED) is 0.710. The summed E-state index contributed by atoms with van der Waals surface area (Å²) in [6, 6.07) is 5.76. The van der Waals surface area contributed by atoms with Crippen molar-refractivity contribution in [2.24, 2.45) is 0 Å². The van der Waals surface area contributed by atoms with Crippen LogP contribution in [-0.2, 0) is 9.53 Å². The Bertz CT molecular complexity index is 610. The molecule has 26 heavy (non-hydrogen) atoms. The van der Waals surface area contributed by atoms with Crippen molar-refractivity contribution in [1.82, 2.24) is 10.2 Å². The average molecular weight is 384 g/mol. The second-order valence-corrected chi connectivity index (χ2v) is 6.59. The molecule has 0 spiro atoms. The molecule has 1 aromatic carbocycles. The minimum Gasteiger partial charge on any atom is -0.383 e. The minimum absolute atomic E-state index is 0. The predicted molar refractivity (Wildman–Crippen MR) is 106 cm³/mol. The van der Waals surface area contributed by atoms with Crippen molar-refractivity contribution >= 4 is 29.9 Å². The molecule has 1 aromatic rings. The summed E-state index contributed by atoms with van der Waals surface area (Å²) in [6.07, 6.45) is 3.32. The van der Waals surface area contributed by atoms with E-state index in [-0.39, 0.29) is 30.8 Å². The monoisotopic (exact) mass is 383 g/mol. The highest BCUT2D eigenvalue weighted by molar-refractivity contribution is 5.97.